The van der Waals surface area contributed by atoms with Crippen LogP contribution in [0, 0.1) is 11.6 Å². The summed E-state index contributed by atoms with van der Waals surface area (Å²) < 4.78 is 26.1. The van der Waals surface area contributed by atoms with E-state index in [0.29, 0.717) is 11.6 Å². The van der Waals surface area contributed by atoms with Gasteiger partial charge in [0.1, 0.15) is 0 Å². The fourth-order valence-electron chi connectivity index (χ4n) is 2.76. The molecule has 0 bridgehead atoms. The molecule has 0 spiro atoms. The Bertz CT molecular complexity index is 419. The molecule has 1 aliphatic carbocycles. The molecule has 2 rings (SSSR count). The maximum absolute atomic E-state index is 13.2. The van der Waals surface area contributed by atoms with Gasteiger partial charge in [0.15, 0.2) is 11.6 Å². The molecule has 2 atom stereocenters. The molecule has 2 unspecified atom stereocenters. The van der Waals surface area contributed by atoms with Gasteiger partial charge in [-0.15, -0.1) is 0 Å². The number of hydrogen-bond acceptors (Lipinski definition) is 2. The second kappa shape index (κ2) is 6.44. The van der Waals surface area contributed by atoms with Crippen LogP contribution < -0.4 is 5.32 Å². The highest BCUT2D eigenvalue weighted by Crippen LogP contribution is 2.24. The van der Waals surface area contributed by atoms with Crippen LogP contribution in [0.3, 0.4) is 0 Å². The number of hydrogen-bond donors (Lipinski definition) is 2. The SMILES string of the molecule is CCC(NC1CCCC1)C(O)c1ccc(F)c(F)c1. The van der Waals surface area contributed by atoms with E-state index in [1.807, 2.05) is 6.92 Å². The fraction of sp³-hybridized carbons (Fsp3) is 0.600. The Labute approximate surface area is 112 Å². The van der Waals surface area contributed by atoms with Gasteiger partial charge in [0.2, 0.25) is 0 Å². The molecule has 0 heterocycles. The molecule has 19 heavy (non-hydrogen) atoms. The van der Waals surface area contributed by atoms with Crippen molar-refractivity contribution in [2.24, 2.45) is 0 Å². The Hall–Kier alpha value is -1.00. The molecule has 106 valence electrons. The number of nitrogens with one attached hydrogen (secondary N) is 1. The van der Waals surface area contributed by atoms with E-state index in [-0.39, 0.29) is 6.04 Å². The molecule has 1 aromatic rings. The summed E-state index contributed by atoms with van der Waals surface area (Å²) in [7, 11) is 0. The van der Waals surface area contributed by atoms with E-state index in [2.05, 4.69) is 5.32 Å². The minimum absolute atomic E-state index is 0.118. The molecular formula is C15H21F2NO. The smallest absolute Gasteiger partial charge is 0.159 e. The Morgan fingerprint density at radius 3 is 2.53 bits per heavy atom. The van der Waals surface area contributed by atoms with E-state index in [0.717, 1.165) is 31.4 Å². The van der Waals surface area contributed by atoms with Gasteiger partial charge in [0, 0.05) is 12.1 Å². The molecule has 2 N–H and O–H groups in total. The van der Waals surface area contributed by atoms with Gasteiger partial charge in [-0.1, -0.05) is 25.8 Å². The normalized spacial score (nSPS) is 19.6. The van der Waals surface area contributed by atoms with Crippen LogP contribution in [-0.4, -0.2) is 17.2 Å². The zero-order valence-electron chi connectivity index (χ0n) is 11.2. The summed E-state index contributed by atoms with van der Waals surface area (Å²) in [5.74, 6) is -1.79. The van der Waals surface area contributed by atoms with Gasteiger partial charge in [-0.2, -0.15) is 0 Å². The summed E-state index contributed by atoms with van der Waals surface area (Å²) in [5.41, 5.74) is 0.427. The zero-order chi connectivity index (χ0) is 13.8. The van der Waals surface area contributed by atoms with E-state index < -0.39 is 17.7 Å². The molecule has 0 amide bonds. The van der Waals surface area contributed by atoms with Gasteiger partial charge in [-0.25, -0.2) is 8.78 Å². The van der Waals surface area contributed by atoms with Crippen molar-refractivity contribution in [3.8, 4) is 0 Å². The molecule has 1 fully saturated rings. The van der Waals surface area contributed by atoms with Crippen LogP contribution >= 0.6 is 0 Å². The summed E-state index contributed by atoms with van der Waals surface area (Å²) in [5, 5.41) is 13.7. The lowest BCUT2D eigenvalue weighted by molar-refractivity contribution is 0.119. The molecule has 0 saturated heterocycles. The van der Waals surface area contributed by atoms with E-state index in [1.165, 1.54) is 18.9 Å². The van der Waals surface area contributed by atoms with Crippen LogP contribution in [0.4, 0.5) is 8.78 Å². The van der Waals surface area contributed by atoms with E-state index in [1.54, 1.807) is 0 Å². The average Bonchev–Trinajstić information content (AvgIpc) is 2.91. The molecule has 0 aromatic heterocycles. The van der Waals surface area contributed by atoms with Gasteiger partial charge < -0.3 is 10.4 Å². The first-order chi connectivity index (χ1) is 9.11. The molecular weight excluding hydrogens is 248 g/mol. The van der Waals surface area contributed by atoms with Crippen LogP contribution in [-0.2, 0) is 0 Å². The van der Waals surface area contributed by atoms with Gasteiger partial charge in [0.25, 0.3) is 0 Å². The average molecular weight is 269 g/mol. The highest BCUT2D eigenvalue weighted by atomic mass is 19.2. The van der Waals surface area contributed by atoms with Crippen molar-refractivity contribution < 1.29 is 13.9 Å². The lowest BCUT2D eigenvalue weighted by atomic mass is 9.99. The topological polar surface area (TPSA) is 32.3 Å². The molecule has 1 aliphatic rings. The van der Waals surface area contributed by atoms with E-state index >= 15 is 0 Å². The Balaban J connectivity index is 2.05. The Morgan fingerprint density at radius 2 is 1.95 bits per heavy atom. The number of benzene rings is 1. The molecule has 2 nitrogen and oxygen atoms in total. The van der Waals surface area contributed by atoms with Gasteiger partial charge in [-0.05, 0) is 37.0 Å². The lowest BCUT2D eigenvalue weighted by Gasteiger charge is -2.26. The second-order valence-electron chi connectivity index (χ2n) is 5.28. The maximum atomic E-state index is 13.2. The molecule has 0 aliphatic heterocycles. The van der Waals surface area contributed by atoms with Crippen molar-refractivity contribution in [2.75, 3.05) is 0 Å². The van der Waals surface area contributed by atoms with E-state index in [4.69, 9.17) is 0 Å². The first-order valence-electron chi connectivity index (χ1n) is 7.01. The predicted octanol–water partition coefficient (Wildman–Crippen LogP) is 3.31. The van der Waals surface area contributed by atoms with Gasteiger partial charge in [-0.3, -0.25) is 0 Å². The van der Waals surface area contributed by atoms with Crippen LogP contribution in [0.2, 0.25) is 0 Å². The van der Waals surface area contributed by atoms with Crippen LogP contribution in [0.25, 0.3) is 0 Å². The third-order valence-corrected chi connectivity index (χ3v) is 3.91. The minimum Gasteiger partial charge on any atom is -0.387 e. The van der Waals surface area contributed by atoms with E-state index in [9.17, 15) is 13.9 Å². The predicted molar refractivity (Wildman–Crippen MR) is 70.8 cm³/mol. The monoisotopic (exact) mass is 269 g/mol. The Kier molecular flexibility index (Phi) is 4.88. The number of aliphatic hydroxyl groups is 1. The number of rotatable bonds is 5. The molecule has 4 heteroatoms. The van der Waals surface area contributed by atoms with Crippen molar-refractivity contribution in [1.29, 1.82) is 0 Å². The van der Waals surface area contributed by atoms with Crippen molar-refractivity contribution in [2.45, 2.75) is 57.2 Å². The van der Waals surface area contributed by atoms with Crippen LogP contribution in [0.5, 0.6) is 0 Å². The van der Waals surface area contributed by atoms with Crippen LogP contribution in [0.15, 0.2) is 18.2 Å². The lowest BCUT2D eigenvalue weighted by Crippen LogP contribution is -2.40. The Morgan fingerprint density at radius 1 is 1.26 bits per heavy atom. The van der Waals surface area contributed by atoms with Gasteiger partial charge in [0.05, 0.1) is 6.10 Å². The first kappa shape index (κ1) is 14.4. The maximum Gasteiger partial charge on any atom is 0.159 e. The van der Waals surface area contributed by atoms with Gasteiger partial charge >= 0.3 is 0 Å². The number of aliphatic hydroxyl groups excluding tert-OH is 1. The summed E-state index contributed by atoms with van der Waals surface area (Å²) in [4.78, 5) is 0. The van der Waals surface area contributed by atoms with Crippen LogP contribution in [0.1, 0.15) is 50.7 Å². The number of halogens is 2. The third kappa shape index (κ3) is 3.51. The van der Waals surface area contributed by atoms with Crippen molar-refractivity contribution in [1.82, 2.24) is 5.32 Å². The van der Waals surface area contributed by atoms with Crippen molar-refractivity contribution >= 4 is 0 Å². The largest absolute Gasteiger partial charge is 0.387 e. The summed E-state index contributed by atoms with van der Waals surface area (Å²) in [6, 6.07) is 3.91. The third-order valence-electron chi connectivity index (χ3n) is 3.91. The minimum atomic E-state index is -0.910. The standard InChI is InChI=1S/C15H21F2NO/c1-2-14(18-11-5-3-4-6-11)15(19)10-7-8-12(16)13(17)9-10/h7-9,11,14-15,18-19H,2-6H2,1H3. The second-order valence-corrected chi connectivity index (χ2v) is 5.28. The highest BCUT2D eigenvalue weighted by molar-refractivity contribution is 5.21. The zero-order valence-corrected chi connectivity index (χ0v) is 11.2. The van der Waals surface area contributed by atoms with Crippen molar-refractivity contribution in [3.05, 3.63) is 35.4 Å². The molecule has 1 saturated carbocycles. The molecule has 1 aromatic carbocycles. The highest BCUT2D eigenvalue weighted by Gasteiger charge is 2.24. The van der Waals surface area contributed by atoms with Crippen molar-refractivity contribution in [3.63, 3.8) is 0 Å². The summed E-state index contributed by atoms with van der Waals surface area (Å²) in [6.45, 7) is 1.98. The summed E-state index contributed by atoms with van der Waals surface area (Å²) >= 11 is 0. The molecule has 0 radical (unpaired) electrons. The summed E-state index contributed by atoms with van der Waals surface area (Å²) in [6.07, 6.45) is 4.63. The first-order valence-corrected chi connectivity index (χ1v) is 7.01. The quantitative estimate of drug-likeness (QED) is 0.859. The fourth-order valence-corrected chi connectivity index (χ4v) is 2.76.